The van der Waals surface area contributed by atoms with E-state index >= 15 is 0 Å². The Balaban J connectivity index is 0.825. The number of thiazole rings is 1. The SMILES string of the molecule is CC(=O)N1CCc2c(c(N3CCCc4cc(-c5cnn(C)c5)c(C(F)F)cc43)nn2C2CCN(CC(=O)NCCOCCNc3ccc(C(=O)Nc4ncc(C)s4)c(C)c3)CC2)C1. The van der Waals surface area contributed by atoms with Crippen LogP contribution >= 0.6 is 11.3 Å². The van der Waals surface area contributed by atoms with Crippen LogP contribution in [0.25, 0.3) is 11.1 Å². The molecule has 334 valence electrons. The number of nitrogens with zero attached hydrogens (tertiary/aromatic N) is 8. The van der Waals surface area contributed by atoms with Gasteiger partial charge < -0.3 is 25.2 Å². The topological polar surface area (TPSA) is 155 Å². The molecular weight excluding hydrogens is 829 g/mol. The molecule has 1 saturated heterocycles. The Hall–Kier alpha value is -5.72. The van der Waals surface area contributed by atoms with E-state index in [9.17, 15) is 23.2 Å². The lowest BCUT2D eigenvalue weighted by atomic mass is 9.92. The van der Waals surface area contributed by atoms with E-state index in [2.05, 4.69) is 40.5 Å². The molecule has 0 saturated carbocycles. The molecule has 3 aromatic heterocycles. The Bertz CT molecular complexity index is 2460. The van der Waals surface area contributed by atoms with Gasteiger partial charge in [-0.1, -0.05) is 0 Å². The standard InChI is InChI=1S/C45H55F2N11O4S/c1-28-20-33(7-8-35(28)44(61)52-45-50-23-29(2)63-45)48-12-18-62-19-13-49-41(60)27-55-15-9-34(10-16-55)58-39-11-17-56(30(3)59)26-38(39)43(53-58)57-14-5-6-31-21-36(32-24-51-54(4)25-32)37(42(46)47)22-40(31)57/h7-8,20-25,34,42,48H,5-6,9-19,26-27H2,1-4H3,(H,49,60)(H,50,52,61). The highest BCUT2D eigenvalue weighted by atomic mass is 32.1. The molecule has 1 fully saturated rings. The van der Waals surface area contributed by atoms with Crippen molar-refractivity contribution in [1.82, 2.24) is 39.7 Å². The van der Waals surface area contributed by atoms with Gasteiger partial charge in [0.05, 0.1) is 38.5 Å². The number of hydrogen-bond acceptors (Lipinski definition) is 11. The lowest BCUT2D eigenvalue weighted by Gasteiger charge is -2.33. The number of aromatic nitrogens is 5. The van der Waals surface area contributed by atoms with E-state index in [0.717, 1.165) is 83.2 Å². The summed E-state index contributed by atoms with van der Waals surface area (Å²) in [5, 5.41) is 19.2. The van der Waals surface area contributed by atoms with Crippen molar-refractivity contribution in [3.05, 3.63) is 87.3 Å². The number of ether oxygens (including phenoxy) is 1. The van der Waals surface area contributed by atoms with Crippen LogP contribution in [0.3, 0.4) is 0 Å². The number of halogens is 2. The lowest BCUT2D eigenvalue weighted by Crippen LogP contribution is -2.43. The molecule has 3 aliphatic heterocycles. The zero-order valence-electron chi connectivity index (χ0n) is 36.3. The van der Waals surface area contributed by atoms with Crippen molar-refractivity contribution in [2.24, 2.45) is 7.05 Å². The molecule has 3 aliphatic rings. The number of nitrogens with one attached hydrogen (secondary N) is 3. The number of anilines is 4. The number of aryl methyl sites for hydroxylation is 4. The van der Waals surface area contributed by atoms with E-state index in [-0.39, 0.29) is 29.3 Å². The van der Waals surface area contributed by atoms with E-state index in [1.165, 1.54) is 11.3 Å². The van der Waals surface area contributed by atoms with Gasteiger partial charge in [-0.2, -0.15) is 10.2 Å². The number of carbonyl (C=O) groups excluding carboxylic acids is 3. The highest BCUT2D eigenvalue weighted by Crippen LogP contribution is 2.43. The van der Waals surface area contributed by atoms with E-state index in [4.69, 9.17) is 9.84 Å². The van der Waals surface area contributed by atoms with Crippen LogP contribution in [0.5, 0.6) is 0 Å². The minimum Gasteiger partial charge on any atom is -0.383 e. The highest BCUT2D eigenvalue weighted by molar-refractivity contribution is 7.15. The quantitative estimate of drug-likeness (QED) is 0.101. The van der Waals surface area contributed by atoms with E-state index in [1.807, 2.05) is 36.9 Å². The second-order valence-corrected chi connectivity index (χ2v) is 17.8. The van der Waals surface area contributed by atoms with Gasteiger partial charge in [0.15, 0.2) is 10.9 Å². The fourth-order valence-electron chi connectivity index (χ4n) is 8.89. The number of rotatable bonds is 15. The summed E-state index contributed by atoms with van der Waals surface area (Å²) in [4.78, 5) is 49.5. The summed E-state index contributed by atoms with van der Waals surface area (Å²) in [5.74, 6) is 0.485. The first-order valence-electron chi connectivity index (χ1n) is 21.6. The van der Waals surface area contributed by atoms with Gasteiger partial charge in [-0.15, -0.1) is 11.3 Å². The van der Waals surface area contributed by atoms with Gasteiger partial charge in [0, 0.05) is 116 Å². The first-order chi connectivity index (χ1) is 30.4. The third-order valence-electron chi connectivity index (χ3n) is 12.1. The Morgan fingerprint density at radius 1 is 1.00 bits per heavy atom. The van der Waals surface area contributed by atoms with E-state index in [0.29, 0.717) is 80.7 Å². The summed E-state index contributed by atoms with van der Waals surface area (Å²) in [6.07, 6.45) is 6.30. The molecule has 3 amide bonds. The number of carbonyl (C=O) groups is 3. The van der Waals surface area contributed by atoms with Crippen LogP contribution in [0.15, 0.2) is 48.9 Å². The third kappa shape index (κ3) is 10.1. The van der Waals surface area contributed by atoms with E-state index in [1.54, 1.807) is 49.4 Å². The first kappa shape index (κ1) is 43.9. The average Bonchev–Trinajstić information content (AvgIpc) is 4.00. The molecule has 15 nitrogen and oxygen atoms in total. The maximum atomic E-state index is 14.7. The Morgan fingerprint density at radius 2 is 1.81 bits per heavy atom. The summed E-state index contributed by atoms with van der Waals surface area (Å²) in [5.41, 5.74) is 7.24. The lowest BCUT2D eigenvalue weighted by molar-refractivity contribution is -0.129. The Kier molecular flexibility index (Phi) is 13.5. The van der Waals surface area contributed by atoms with Crippen molar-refractivity contribution >= 4 is 51.4 Å². The second-order valence-electron chi connectivity index (χ2n) is 16.6. The van der Waals surface area contributed by atoms with Crippen LogP contribution in [0, 0.1) is 13.8 Å². The zero-order chi connectivity index (χ0) is 44.2. The molecule has 18 heteroatoms. The van der Waals surface area contributed by atoms with Gasteiger partial charge in [-0.3, -0.25) is 34.0 Å². The van der Waals surface area contributed by atoms with Crippen molar-refractivity contribution in [3.8, 4) is 11.1 Å². The van der Waals surface area contributed by atoms with Gasteiger partial charge in [-0.25, -0.2) is 13.8 Å². The molecule has 0 spiro atoms. The van der Waals surface area contributed by atoms with Crippen molar-refractivity contribution in [3.63, 3.8) is 0 Å². The molecule has 2 aromatic carbocycles. The van der Waals surface area contributed by atoms with Crippen LogP contribution in [-0.4, -0.2) is 111 Å². The molecule has 0 atom stereocenters. The van der Waals surface area contributed by atoms with Gasteiger partial charge >= 0.3 is 0 Å². The fourth-order valence-corrected chi connectivity index (χ4v) is 9.55. The summed E-state index contributed by atoms with van der Waals surface area (Å²) >= 11 is 1.43. The number of alkyl halides is 2. The first-order valence-corrected chi connectivity index (χ1v) is 22.5. The molecule has 3 N–H and O–H groups in total. The molecule has 0 unspecified atom stereocenters. The zero-order valence-corrected chi connectivity index (χ0v) is 37.1. The minimum atomic E-state index is -2.67. The summed E-state index contributed by atoms with van der Waals surface area (Å²) in [6, 6.07) is 9.21. The molecule has 0 aliphatic carbocycles. The maximum Gasteiger partial charge on any atom is 0.264 e. The maximum absolute atomic E-state index is 14.7. The van der Waals surface area contributed by atoms with Gasteiger partial charge in [-0.05, 0) is 86.6 Å². The number of fused-ring (bicyclic) bond motifs is 2. The van der Waals surface area contributed by atoms with Crippen molar-refractivity contribution < 1.29 is 27.9 Å². The molecule has 8 rings (SSSR count). The Labute approximate surface area is 369 Å². The van der Waals surface area contributed by atoms with Gasteiger partial charge in [0.25, 0.3) is 12.3 Å². The summed E-state index contributed by atoms with van der Waals surface area (Å²) in [7, 11) is 1.78. The number of likely N-dealkylation sites (tertiary alicyclic amines) is 1. The average molecular weight is 884 g/mol. The van der Waals surface area contributed by atoms with Crippen molar-refractivity contribution in [1.29, 1.82) is 0 Å². The third-order valence-corrected chi connectivity index (χ3v) is 12.9. The molecule has 5 aromatic rings. The van der Waals surface area contributed by atoms with Crippen LogP contribution in [-0.2, 0) is 40.8 Å². The van der Waals surface area contributed by atoms with Gasteiger partial charge in [0.2, 0.25) is 11.8 Å². The van der Waals surface area contributed by atoms with Gasteiger partial charge in [0.1, 0.15) is 0 Å². The number of hydrogen-bond donors (Lipinski definition) is 3. The molecule has 0 radical (unpaired) electrons. The number of amides is 3. The van der Waals surface area contributed by atoms with Crippen LogP contribution < -0.4 is 20.9 Å². The molecule has 0 bridgehead atoms. The summed E-state index contributed by atoms with van der Waals surface area (Å²) < 4.78 is 38.9. The van der Waals surface area contributed by atoms with Crippen LogP contribution in [0.1, 0.15) is 81.8 Å². The second kappa shape index (κ2) is 19.3. The number of benzene rings is 2. The Morgan fingerprint density at radius 3 is 2.52 bits per heavy atom. The monoisotopic (exact) mass is 883 g/mol. The summed E-state index contributed by atoms with van der Waals surface area (Å²) in [6.45, 7) is 10.6. The predicted molar refractivity (Wildman–Crippen MR) is 239 cm³/mol. The predicted octanol–water partition coefficient (Wildman–Crippen LogP) is 6.42. The van der Waals surface area contributed by atoms with Crippen molar-refractivity contribution in [2.75, 3.05) is 74.6 Å². The van der Waals surface area contributed by atoms with E-state index < -0.39 is 6.43 Å². The largest absolute Gasteiger partial charge is 0.383 e. The minimum absolute atomic E-state index is 0.00492. The smallest absolute Gasteiger partial charge is 0.264 e. The van der Waals surface area contributed by atoms with Crippen LogP contribution in [0.4, 0.5) is 31.1 Å². The van der Waals surface area contributed by atoms with Crippen molar-refractivity contribution in [2.45, 2.75) is 71.9 Å². The highest BCUT2D eigenvalue weighted by Gasteiger charge is 2.35. The molecule has 63 heavy (non-hydrogen) atoms. The molecular formula is C45H55F2N11O4S. The normalized spacial score (nSPS) is 15.7. The fraction of sp³-hybridized carbons (Fsp3) is 0.467. The van der Waals surface area contributed by atoms with Crippen LogP contribution in [0.2, 0.25) is 0 Å². The molecule has 6 heterocycles. The number of piperidine rings is 1.